The van der Waals surface area contributed by atoms with E-state index in [0.29, 0.717) is 0 Å². The van der Waals surface area contributed by atoms with Gasteiger partial charge in [0.2, 0.25) is 0 Å². The SMILES string of the molecule is O.O.O.O.O.O.O=C([O-])C(=O)[O-].[Fe+2]. The summed E-state index contributed by atoms with van der Waals surface area (Å²) in [5.74, 6) is -4.37. The summed E-state index contributed by atoms with van der Waals surface area (Å²) >= 11 is 0. The van der Waals surface area contributed by atoms with Gasteiger partial charge in [0.15, 0.2) is 0 Å². The minimum Gasteiger partial charge on any atom is -0.543 e. The van der Waals surface area contributed by atoms with E-state index in [1.54, 1.807) is 0 Å². The maximum atomic E-state index is 8.93. The number of carboxylic acids is 2. The van der Waals surface area contributed by atoms with Gasteiger partial charge in [0, 0.05) is 0 Å². The quantitative estimate of drug-likeness (QED) is 0.299. The first kappa shape index (κ1) is 86.4. The largest absolute Gasteiger partial charge is 2.00 e. The Morgan fingerprint density at radius 1 is 0.615 bits per heavy atom. The molecule has 0 aliphatic heterocycles. The summed E-state index contributed by atoms with van der Waals surface area (Å²) in [5.41, 5.74) is 0. The molecule has 0 rings (SSSR count). The van der Waals surface area contributed by atoms with Gasteiger partial charge in [0.05, 0.1) is 11.9 Å². The Hall–Kier alpha value is -0.781. The molecule has 0 aromatic heterocycles. The Kier molecular flexibility index (Phi) is 286. The van der Waals surface area contributed by atoms with Crippen molar-refractivity contribution in [2.75, 3.05) is 0 Å². The van der Waals surface area contributed by atoms with Gasteiger partial charge >= 0.3 is 17.1 Å². The van der Waals surface area contributed by atoms with Gasteiger partial charge in [-0.15, -0.1) is 0 Å². The van der Waals surface area contributed by atoms with Crippen molar-refractivity contribution >= 4 is 11.9 Å². The van der Waals surface area contributed by atoms with Crippen LogP contribution >= 0.6 is 0 Å². The van der Waals surface area contributed by atoms with Crippen molar-refractivity contribution in [3.05, 3.63) is 0 Å². The van der Waals surface area contributed by atoms with Crippen molar-refractivity contribution in [2.24, 2.45) is 0 Å². The first-order valence-corrected chi connectivity index (χ1v) is 1.07. The summed E-state index contributed by atoms with van der Waals surface area (Å²) in [7, 11) is 0. The second-order valence-corrected chi connectivity index (χ2v) is 0.575. The fourth-order valence-electron chi connectivity index (χ4n) is 0. The summed E-state index contributed by atoms with van der Waals surface area (Å²) in [6, 6.07) is 0. The van der Waals surface area contributed by atoms with E-state index in [9.17, 15) is 0 Å². The third kappa shape index (κ3) is 92.0. The molecule has 0 atom stereocenters. The molecule has 0 aliphatic carbocycles. The standard InChI is InChI=1S/C2H2O4.Fe.6H2O/c3-1(4)2(5)6;;;;;;;/h(H,3,4)(H,5,6);;6*1H2/q;+2;;;;;;/p-2. The summed E-state index contributed by atoms with van der Waals surface area (Å²) in [6.45, 7) is 0. The predicted molar refractivity (Wildman–Crippen MR) is 31.7 cm³/mol. The molecule has 0 aliphatic rings. The monoisotopic (exact) mass is 252 g/mol. The smallest absolute Gasteiger partial charge is 0.543 e. The third-order valence-electron chi connectivity index (χ3n) is 0.167. The van der Waals surface area contributed by atoms with Gasteiger partial charge in [-0.1, -0.05) is 0 Å². The van der Waals surface area contributed by atoms with Crippen LogP contribution in [-0.2, 0) is 26.7 Å². The predicted octanol–water partition coefficient (Wildman–Crippen LogP) is -8.46. The van der Waals surface area contributed by atoms with Crippen LogP contribution in [0.25, 0.3) is 0 Å². The van der Waals surface area contributed by atoms with Gasteiger partial charge in [-0.3, -0.25) is 0 Å². The van der Waals surface area contributed by atoms with Gasteiger partial charge in [-0.2, -0.15) is 0 Å². The Bertz CT molecular complexity index is 78.9. The van der Waals surface area contributed by atoms with Crippen LogP contribution in [0, 0.1) is 0 Å². The molecule has 0 unspecified atom stereocenters. The van der Waals surface area contributed by atoms with E-state index in [1.807, 2.05) is 0 Å². The molecule has 0 amide bonds. The average molecular weight is 252 g/mol. The van der Waals surface area contributed by atoms with E-state index in [0.717, 1.165) is 0 Å². The van der Waals surface area contributed by atoms with Gasteiger partial charge in [-0.25, -0.2) is 0 Å². The molecule has 0 aromatic rings. The fraction of sp³-hybridized carbons (Fsp3) is 0. The molecule has 0 radical (unpaired) electrons. The Morgan fingerprint density at radius 2 is 0.692 bits per heavy atom. The molecule has 0 saturated carbocycles. The number of carboxylic acid groups (broad SMARTS) is 2. The van der Waals surface area contributed by atoms with Crippen LogP contribution in [-0.4, -0.2) is 44.8 Å². The molecule has 0 saturated heterocycles. The minimum atomic E-state index is -2.19. The van der Waals surface area contributed by atoms with Gasteiger partial charge in [-0.05, 0) is 0 Å². The zero-order valence-corrected chi connectivity index (χ0v) is 7.09. The van der Waals surface area contributed by atoms with Crippen LogP contribution in [0.5, 0.6) is 0 Å². The molecule has 0 heterocycles. The van der Waals surface area contributed by atoms with E-state index >= 15 is 0 Å². The number of aliphatic carboxylic acids is 2. The van der Waals surface area contributed by atoms with E-state index < -0.39 is 11.9 Å². The van der Waals surface area contributed by atoms with Crippen LogP contribution in [0.3, 0.4) is 0 Å². The molecule has 0 fully saturated rings. The summed E-state index contributed by atoms with van der Waals surface area (Å²) < 4.78 is 0. The van der Waals surface area contributed by atoms with E-state index in [1.165, 1.54) is 0 Å². The van der Waals surface area contributed by atoms with Gasteiger partial charge in [0.1, 0.15) is 0 Å². The van der Waals surface area contributed by atoms with E-state index in [-0.39, 0.29) is 49.9 Å². The topological polar surface area (TPSA) is 269 Å². The number of carbonyl (C=O) groups excluding carboxylic acids is 2. The zero-order valence-electron chi connectivity index (χ0n) is 5.99. The first-order chi connectivity index (χ1) is 2.64. The fourth-order valence-corrected chi connectivity index (χ4v) is 0. The van der Waals surface area contributed by atoms with Crippen LogP contribution in [0.2, 0.25) is 0 Å². The first-order valence-electron chi connectivity index (χ1n) is 1.07. The van der Waals surface area contributed by atoms with Crippen molar-refractivity contribution in [1.82, 2.24) is 0 Å². The summed E-state index contributed by atoms with van der Waals surface area (Å²) in [5, 5.41) is 17.9. The molecule has 11 heteroatoms. The normalized spacial score (nSPS) is 3.38. The van der Waals surface area contributed by atoms with Crippen molar-refractivity contribution in [3.63, 3.8) is 0 Å². The van der Waals surface area contributed by atoms with Crippen molar-refractivity contribution in [3.8, 4) is 0 Å². The zero-order chi connectivity index (χ0) is 5.15. The number of carbonyl (C=O) groups is 2. The molecular formula is C2H12FeO10. The molecule has 0 bridgehead atoms. The van der Waals surface area contributed by atoms with Gasteiger partial charge in [0.25, 0.3) is 0 Å². The van der Waals surface area contributed by atoms with Crippen LogP contribution in [0.4, 0.5) is 0 Å². The summed E-state index contributed by atoms with van der Waals surface area (Å²) in [4.78, 5) is 17.9. The Morgan fingerprint density at radius 3 is 0.692 bits per heavy atom. The third-order valence-corrected chi connectivity index (χ3v) is 0.167. The van der Waals surface area contributed by atoms with E-state index in [4.69, 9.17) is 19.8 Å². The molecule has 0 spiro atoms. The van der Waals surface area contributed by atoms with Crippen molar-refractivity contribution in [1.29, 1.82) is 0 Å². The number of hydrogen-bond donors (Lipinski definition) is 0. The van der Waals surface area contributed by atoms with Crippen LogP contribution < -0.4 is 10.2 Å². The molecular weight excluding hydrogens is 240 g/mol. The van der Waals surface area contributed by atoms with Crippen LogP contribution in [0.15, 0.2) is 0 Å². The molecule has 0 aromatic carbocycles. The average Bonchev–Trinajstić information content (AvgIpc) is 1.36. The Labute approximate surface area is 82.5 Å². The van der Waals surface area contributed by atoms with E-state index in [2.05, 4.69) is 0 Å². The van der Waals surface area contributed by atoms with Crippen molar-refractivity contribution < 1.29 is 69.7 Å². The van der Waals surface area contributed by atoms with Crippen LogP contribution in [0.1, 0.15) is 0 Å². The second-order valence-electron chi connectivity index (χ2n) is 0.575. The molecule has 12 N–H and O–H groups in total. The minimum absolute atomic E-state index is 0. The Balaban J connectivity index is -0.00000000595. The molecule has 13 heavy (non-hydrogen) atoms. The second kappa shape index (κ2) is 43.0. The maximum absolute atomic E-state index is 8.93. The summed E-state index contributed by atoms with van der Waals surface area (Å²) in [6.07, 6.45) is 0. The van der Waals surface area contributed by atoms with Crippen molar-refractivity contribution in [2.45, 2.75) is 0 Å². The van der Waals surface area contributed by atoms with Gasteiger partial charge < -0.3 is 52.7 Å². The number of hydrogen-bond acceptors (Lipinski definition) is 4. The molecule has 10 nitrogen and oxygen atoms in total. The molecule has 88 valence electrons. The number of rotatable bonds is 0. The maximum Gasteiger partial charge on any atom is 2.00 e.